The molecular weight excluding hydrogens is 258 g/mol. The van der Waals surface area contributed by atoms with Crippen LogP contribution in [0.2, 0.25) is 0 Å². The van der Waals surface area contributed by atoms with E-state index < -0.39 is 0 Å². The minimum absolute atomic E-state index is 0.279. The zero-order valence-corrected chi connectivity index (χ0v) is 13.0. The average molecular weight is 283 g/mol. The monoisotopic (exact) mass is 283 g/mol. The standard InChI is InChI=1S/C19H25NO/c1-19-9-8-16-15-6-4-14(21)10-12(15)2-5-17(16)18(19)7-3-13(19)11-20/h10,13,15-18H,2-9H2,1H3. The van der Waals surface area contributed by atoms with E-state index in [1.54, 1.807) is 0 Å². The van der Waals surface area contributed by atoms with Crippen molar-refractivity contribution in [3.63, 3.8) is 0 Å². The maximum Gasteiger partial charge on any atom is 0.155 e. The van der Waals surface area contributed by atoms with E-state index in [2.05, 4.69) is 13.0 Å². The summed E-state index contributed by atoms with van der Waals surface area (Å²) in [5.41, 5.74) is 1.74. The van der Waals surface area contributed by atoms with E-state index in [0.29, 0.717) is 11.7 Å². The van der Waals surface area contributed by atoms with E-state index in [9.17, 15) is 10.1 Å². The minimum atomic E-state index is 0.279. The quantitative estimate of drug-likeness (QED) is 0.666. The molecular formula is C19H25NO. The summed E-state index contributed by atoms with van der Waals surface area (Å²) < 4.78 is 0. The Hall–Kier alpha value is -1.10. The number of hydrogen-bond acceptors (Lipinski definition) is 2. The van der Waals surface area contributed by atoms with Crippen molar-refractivity contribution in [3.05, 3.63) is 11.6 Å². The second-order valence-corrected chi connectivity index (χ2v) is 8.11. The molecule has 4 aliphatic rings. The highest BCUT2D eigenvalue weighted by Gasteiger charge is 2.56. The predicted octanol–water partition coefficient (Wildman–Crippen LogP) is 4.27. The highest BCUT2D eigenvalue weighted by atomic mass is 16.1. The third-order valence-corrected chi connectivity index (χ3v) is 7.46. The first-order chi connectivity index (χ1) is 10.1. The van der Waals surface area contributed by atoms with E-state index in [0.717, 1.165) is 43.4 Å². The number of carbonyl (C=O) groups is 1. The highest BCUT2D eigenvalue weighted by Crippen LogP contribution is 2.63. The third-order valence-electron chi connectivity index (χ3n) is 7.46. The number of carbonyl (C=O) groups excluding carboxylic acids is 1. The third kappa shape index (κ3) is 1.86. The molecule has 0 aromatic heterocycles. The van der Waals surface area contributed by atoms with Crippen molar-refractivity contribution < 1.29 is 4.79 Å². The maximum absolute atomic E-state index is 11.7. The topological polar surface area (TPSA) is 40.9 Å². The number of fused-ring (bicyclic) bond motifs is 5. The summed E-state index contributed by atoms with van der Waals surface area (Å²) >= 11 is 0. The molecule has 0 amide bonds. The lowest BCUT2D eigenvalue weighted by Gasteiger charge is -2.53. The minimum Gasteiger partial charge on any atom is -0.295 e. The van der Waals surface area contributed by atoms with E-state index in [4.69, 9.17) is 0 Å². The van der Waals surface area contributed by atoms with Gasteiger partial charge >= 0.3 is 0 Å². The molecule has 0 aliphatic heterocycles. The van der Waals surface area contributed by atoms with Crippen molar-refractivity contribution in [2.75, 3.05) is 0 Å². The van der Waals surface area contributed by atoms with Crippen molar-refractivity contribution in [2.24, 2.45) is 35.0 Å². The molecule has 0 spiro atoms. The summed E-state index contributed by atoms with van der Waals surface area (Å²) in [7, 11) is 0. The van der Waals surface area contributed by atoms with E-state index >= 15 is 0 Å². The van der Waals surface area contributed by atoms with Crippen molar-refractivity contribution in [3.8, 4) is 6.07 Å². The summed E-state index contributed by atoms with van der Waals surface area (Å²) in [5, 5.41) is 9.49. The number of allylic oxidation sites excluding steroid dienone is 1. The molecule has 0 aromatic rings. The first-order valence-electron chi connectivity index (χ1n) is 8.76. The number of nitriles is 1. The smallest absolute Gasteiger partial charge is 0.155 e. The fourth-order valence-corrected chi connectivity index (χ4v) is 6.39. The first-order valence-corrected chi connectivity index (χ1v) is 8.76. The van der Waals surface area contributed by atoms with E-state index in [1.807, 2.05) is 6.08 Å². The van der Waals surface area contributed by atoms with Crippen LogP contribution >= 0.6 is 0 Å². The lowest BCUT2D eigenvalue weighted by atomic mass is 9.51. The number of ketones is 1. The van der Waals surface area contributed by atoms with Gasteiger partial charge in [-0.15, -0.1) is 0 Å². The lowest BCUT2D eigenvalue weighted by Crippen LogP contribution is -2.46. The van der Waals surface area contributed by atoms with Crippen molar-refractivity contribution in [1.82, 2.24) is 0 Å². The van der Waals surface area contributed by atoms with E-state index in [1.165, 1.54) is 31.3 Å². The average Bonchev–Trinajstić information content (AvgIpc) is 2.83. The molecule has 112 valence electrons. The predicted molar refractivity (Wildman–Crippen MR) is 81.2 cm³/mol. The van der Waals surface area contributed by atoms with Gasteiger partial charge in [0.05, 0.1) is 12.0 Å². The molecule has 0 aromatic carbocycles. The fraction of sp³-hybridized carbons (Fsp3) is 0.789. The second-order valence-electron chi connectivity index (χ2n) is 8.11. The summed E-state index contributed by atoms with van der Waals surface area (Å²) in [6, 6.07) is 2.61. The van der Waals surface area contributed by atoms with Crippen LogP contribution in [-0.2, 0) is 4.79 Å². The Morgan fingerprint density at radius 1 is 1.14 bits per heavy atom. The number of hydrogen-bond donors (Lipinski definition) is 0. The van der Waals surface area contributed by atoms with Crippen LogP contribution in [0.5, 0.6) is 0 Å². The van der Waals surface area contributed by atoms with E-state index in [-0.39, 0.29) is 11.3 Å². The molecule has 0 N–H and O–H groups in total. The van der Waals surface area contributed by atoms with Gasteiger partial charge in [0.15, 0.2) is 5.78 Å². The van der Waals surface area contributed by atoms with Gasteiger partial charge in [0.1, 0.15) is 0 Å². The Morgan fingerprint density at radius 3 is 2.81 bits per heavy atom. The van der Waals surface area contributed by atoms with Crippen LogP contribution in [0.1, 0.15) is 58.3 Å². The summed E-state index contributed by atoms with van der Waals surface area (Å²) in [6.07, 6.45) is 11.1. The fourth-order valence-electron chi connectivity index (χ4n) is 6.39. The molecule has 6 atom stereocenters. The molecule has 0 heterocycles. The Kier molecular flexibility index (Phi) is 3.03. The largest absolute Gasteiger partial charge is 0.295 e. The van der Waals surface area contributed by atoms with Crippen molar-refractivity contribution in [1.29, 1.82) is 5.26 Å². The Balaban J connectivity index is 1.63. The zero-order chi connectivity index (χ0) is 14.6. The van der Waals surface area contributed by atoms with Gasteiger partial charge in [-0.3, -0.25) is 4.79 Å². The Labute approximate surface area is 127 Å². The Morgan fingerprint density at radius 2 is 2.00 bits per heavy atom. The van der Waals surface area contributed by atoms with Crippen LogP contribution in [0, 0.1) is 46.3 Å². The molecule has 3 saturated carbocycles. The molecule has 0 radical (unpaired) electrons. The molecule has 4 aliphatic carbocycles. The van der Waals surface area contributed by atoms with Gasteiger partial charge in [0.25, 0.3) is 0 Å². The van der Waals surface area contributed by atoms with Gasteiger partial charge in [-0.05, 0) is 80.1 Å². The van der Waals surface area contributed by atoms with Crippen LogP contribution in [0.3, 0.4) is 0 Å². The van der Waals surface area contributed by atoms with Crippen LogP contribution < -0.4 is 0 Å². The number of rotatable bonds is 0. The van der Waals surface area contributed by atoms with Gasteiger partial charge in [0, 0.05) is 6.42 Å². The summed E-state index contributed by atoms with van der Waals surface area (Å²) in [6.45, 7) is 2.39. The molecule has 3 fully saturated rings. The molecule has 0 bridgehead atoms. The van der Waals surface area contributed by atoms with Crippen molar-refractivity contribution in [2.45, 2.75) is 58.3 Å². The molecule has 0 saturated heterocycles. The first kappa shape index (κ1) is 13.6. The van der Waals surface area contributed by atoms with Crippen molar-refractivity contribution >= 4 is 5.78 Å². The zero-order valence-electron chi connectivity index (χ0n) is 13.0. The van der Waals surface area contributed by atoms with Crippen LogP contribution in [0.15, 0.2) is 11.6 Å². The lowest BCUT2D eigenvalue weighted by molar-refractivity contribution is -0.116. The summed E-state index contributed by atoms with van der Waals surface area (Å²) in [4.78, 5) is 11.7. The Bertz CT molecular complexity index is 542. The highest BCUT2D eigenvalue weighted by molar-refractivity contribution is 5.91. The molecule has 21 heavy (non-hydrogen) atoms. The van der Waals surface area contributed by atoms with Gasteiger partial charge in [-0.2, -0.15) is 5.26 Å². The van der Waals surface area contributed by atoms with Gasteiger partial charge in [0.2, 0.25) is 0 Å². The van der Waals surface area contributed by atoms with Crippen LogP contribution in [0.4, 0.5) is 0 Å². The molecule has 2 heteroatoms. The van der Waals surface area contributed by atoms with Crippen LogP contribution in [-0.4, -0.2) is 5.78 Å². The van der Waals surface area contributed by atoms with Crippen LogP contribution in [0.25, 0.3) is 0 Å². The molecule has 4 rings (SSSR count). The van der Waals surface area contributed by atoms with Gasteiger partial charge < -0.3 is 0 Å². The number of nitrogens with zero attached hydrogens (tertiary/aromatic N) is 1. The van der Waals surface area contributed by atoms with Gasteiger partial charge in [-0.1, -0.05) is 12.5 Å². The SMILES string of the molecule is CC12CCC3C4CCC(=O)C=C4CCC3C1CCC2C#N. The molecule has 2 nitrogen and oxygen atoms in total. The summed E-state index contributed by atoms with van der Waals surface area (Å²) in [5.74, 6) is 3.71. The second kappa shape index (κ2) is 4.70. The normalized spacial score (nSPS) is 48.7. The molecule has 6 unspecified atom stereocenters. The maximum atomic E-state index is 11.7. The van der Waals surface area contributed by atoms with Gasteiger partial charge in [-0.25, -0.2) is 0 Å².